The van der Waals surface area contributed by atoms with Crippen LogP contribution in [0.25, 0.3) is 21.7 Å². The Kier molecular flexibility index (Phi) is 5.40. The van der Waals surface area contributed by atoms with Crippen LogP contribution in [0.5, 0.6) is 0 Å². The molecule has 146 valence electrons. The van der Waals surface area contributed by atoms with Gasteiger partial charge in [0.2, 0.25) is 0 Å². The summed E-state index contributed by atoms with van der Waals surface area (Å²) in [5, 5.41) is 1.96. The van der Waals surface area contributed by atoms with E-state index in [2.05, 4.69) is 4.98 Å². The number of aromatic nitrogens is 1. The van der Waals surface area contributed by atoms with E-state index in [4.69, 9.17) is 55.6 Å². The Bertz CT molecular complexity index is 1350. The molecule has 4 rings (SSSR count). The number of hydrogen-bond donors (Lipinski definition) is 0. The van der Waals surface area contributed by atoms with Crippen molar-refractivity contribution in [3.8, 4) is 0 Å². The average Bonchev–Trinajstić information content (AvgIpc) is 2.72. The highest BCUT2D eigenvalue weighted by Crippen LogP contribution is 2.36. The lowest BCUT2D eigenvalue weighted by atomic mass is 10.0. The molecule has 2 aromatic heterocycles. The zero-order valence-corrected chi connectivity index (χ0v) is 17.4. The van der Waals surface area contributed by atoms with E-state index in [1.54, 1.807) is 6.07 Å². The Morgan fingerprint density at radius 1 is 1.00 bits per heavy atom. The highest BCUT2D eigenvalue weighted by atomic mass is 35.5. The van der Waals surface area contributed by atoms with Gasteiger partial charge in [-0.05, 0) is 16.8 Å². The van der Waals surface area contributed by atoms with Crippen LogP contribution in [-0.2, 0) is 11.3 Å². The third kappa shape index (κ3) is 3.67. The molecule has 0 amide bonds. The van der Waals surface area contributed by atoms with Crippen LogP contribution >= 0.6 is 46.4 Å². The zero-order valence-electron chi connectivity index (χ0n) is 14.3. The quantitative estimate of drug-likeness (QED) is 0.152. The van der Waals surface area contributed by atoms with Gasteiger partial charge in [0.1, 0.15) is 17.3 Å². The number of rotatable bonds is 3. The van der Waals surface area contributed by atoms with E-state index in [-0.39, 0.29) is 32.5 Å². The molecule has 0 N–H and O–H groups in total. The highest BCUT2D eigenvalue weighted by molar-refractivity contribution is 6.52. The van der Waals surface area contributed by atoms with E-state index >= 15 is 0 Å². The van der Waals surface area contributed by atoms with Crippen molar-refractivity contribution >= 4 is 74.1 Å². The van der Waals surface area contributed by atoms with Crippen molar-refractivity contribution < 1.29 is 13.9 Å². The smallest absolute Gasteiger partial charge is 0.358 e. The van der Waals surface area contributed by atoms with Crippen molar-refractivity contribution in [1.29, 1.82) is 0 Å². The Balaban J connectivity index is 1.75. The Morgan fingerprint density at radius 3 is 2.55 bits per heavy atom. The average molecular weight is 469 g/mol. The number of halogens is 4. The first-order chi connectivity index (χ1) is 13.9. The van der Waals surface area contributed by atoms with Gasteiger partial charge in [0.15, 0.2) is 5.69 Å². The highest BCUT2D eigenvalue weighted by Gasteiger charge is 2.22. The molecule has 2 aromatic carbocycles. The van der Waals surface area contributed by atoms with Gasteiger partial charge in [0, 0.05) is 17.0 Å². The summed E-state index contributed by atoms with van der Waals surface area (Å²) < 4.78 is 10.6. The molecule has 0 fully saturated rings. The first-order valence-corrected chi connectivity index (χ1v) is 9.69. The molecule has 0 unspecified atom stereocenters. The van der Waals surface area contributed by atoms with E-state index in [1.165, 1.54) is 6.07 Å². The van der Waals surface area contributed by atoms with Crippen LogP contribution in [0.15, 0.2) is 51.7 Å². The summed E-state index contributed by atoms with van der Waals surface area (Å²) in [6.45, 7) is -0.217. The third-order valence-corrected chi connectivity index (χ3v) is 5.93. The molecular weight excluding hydrogens is 460 g/mol. The van der Waals surface area contributed by atoms with E-state index in [0.717, 1.165) is 10.8 Å². The van der Waals surface area contributed by atoms with Crippen LogP contribution in [0.3, 0.4) is 0 Å². The standard InChI is InChI=1S/C20H9Cl4NO4/c21-15-16(22)18(25-19(24)17(15)23)20(27)28-8-10-7-13(26)29-12-6-5-9-3-1-2-4-11(9)14(10)12/h1-7H,8H2. The lowest BCUT2D eigenvalue weighted by Crippen LogP contribution is -2.11. The first-order valence-electron chi connectivity index (χ1n) is 8.18. The fourth-order valence-corrected chi connectivity index (χ4v) is 3.77. The number of ether oxygens (including phenoxy) is 1. The molecule has 4 aromatic rings. The molecular formula is C20H9Cl4NO4. The topological polar surface area (TPSA) is 69.4 Å². The second kappa shape index (κ2) is 7.84. The predicted molar refractivity (Wildman–Crippen MR) is 113 cm³/mol. The van der Waals surface area contributed by atoms with E-state index in [0.29, 0.717) is 16.5 Å². The maximum absolute atomic E-state index is 12.5. The summed E-state index contributed by atoms with van der Waals surface area (Å²) in [6.07, 6.45) is 0. The van der Waals surface area contributed by atoms with Crippen LogP contribution in [0.2, 0.25) is 20.2 Å². The van der Waals surface area contributed by atoms with Crippen LogP contribution in [0, 0.1) is 0 Å². The number of benzene rings is 2. The van der Waals surface area contributed by atoms with Crippen LogP contribution in [0.4, 0.5) is 0 Å². The summed E-state index contributed by atoms with van der Waals surface area (Å²) in [5.74, 6) is -0.864. The first kappa shape index (κ1) is 20.0. The summed E-state index contributed by atoms with van der Waals surface area (Å²) in [4.78, 5) is 28.3. The van der Waals surface area contributed by atoms with Crippen molar-refractivity contribution in [2.75, 3.05) is 0 Å². The summed E-state index contributed by atoms with van der Waals surface area (Å²) in [5.41, 5.74) is 0.0235. The molecule has 0 aliphatic rings. The molecule has 5 nitrogen and oxygen atoms in total. The van der Waals surface area contributed by atoms with E-state index in [9.17, 15) is 9.59 Å². The van der Waals surface area contributed by atoms with Gasteiger partial charge in [-0.3, -0.25) is 0 Å². The fraction of sp³-hybridized carbons (Fsp3) is 0.0500. The number of nitrogens with zero attached hydrogens (tertiary/aromatic N) is 1. The minimum Gasteiger partial charge on any atom is -0.456 e. The molecule has 0 aliphatic carbocycles. The number of fused-ring (bicyclic) bond motifs is 3. The molecule has 9 heteroatoms. The number of esters is 1. The van der Waals surface area contributed by atoms with Crippen LogP contribution in [-0.4, -0.2) is 11.0 Å². The van der Waals surface area contributed by atoms with Crippen molar-refractivity contribution in [2.45, 2.75) is 6.61 Å². The largest absolute Gasteiger partial charge is 0.456 e. The van der Waals surface area contributed by atoms with Gasteiger partial charge in [0.05, 0.1) is 15.1 Å². The monoisotopic (exact) mass is 467 g/mol. The van der Waals surface area contributed by atoms with Gasteiger partial charge in [-0.15, -0.1) is 0 Å². The molecule has 0 saturated heterocycles. The Labute approximate surface area is 183 Å². The maximum atomic E-state index is 12.5. The van der Waals surface area contributed by atoms with Crippen molar-refractivity contribution in [2.24, 2.45) is 0 Å². The Morgan fingerprint density at radius 2 is 1.76 bits per heavy atom. The number of carbonyl (C=O) groups is 1. The normalized spacial score (nSPS) is 11.2. The molecule has 0 radical (unpaired) electrons. The number of pyridine rings is 1. The summed E-state index contributed by atoms with van der Waals surface area (Å²) in [6, 6.07) is 12.4. The Hall–Kier alpha value is -2.31. The number of carbonyl (C=O) groups excluding carboxylic acids is 1. The van der Waals surface area contributed by atoms with Crippen molar-refractivity contribution in [3.63, 3.8) is 0 Å². The molecule has 29 heavy (non-hydrogen) atoms. The van der Waals surface area contributed by atoms with E-state index < -0.39 is 11.6 Å². The minimum absolute atomic E-state index is 0.0620. The maximum Gasteiger partial charge on any atom is 0.358 e. The number of hydrogen-bond acceptors (Lipinski definition) is 5. The van der Waals surface area contributed by atoms with Gasteiger partial charge in [0.25, 0.3) is 0 Å². The van der Waals surface area contributed by atoms with E-state index in [1.807, 2.05) is 30.3 Å². The molecule has 0 aliphatic heterocycles. The fourth-order valence-electron chi connectivity index (χ4n) is 2.97. The van der Waals surface area contributed by atoms with Crippen molar-refractivity contribution in [3.05, 3.63) is 84.4 Å². The molecule has 2 heterocycles. The van der Waals surface area contributed by atoms with Gasteiger partial charge >= 0.3 is 11.6 Å². The second-order valence-corrected chi connectivity index (χ2v) is 7.51. The SMILES string of the molecule is O=C(OCc1cc(=O)oc2ccc3ccccc3c12)c1nc(Cl)c(Cl)c(Cl)c1Cl. The lowest BCUT2D eigenvalue weighted by molar-refractivity contribution is 0.0467. The van der Waals surface area contributed by atoms with Crippen LogP contribution < -0.4 is 5.63 Å². The predicted octanol–water partition coefficient (Wildman–Crippen LogP) is 6.31. The molecule has 0 spiro atoms. The molecule has 0 saturated carbocycles. The van der Waals surface area contributed by atoms with Gasteiger partial charge in [-0.25, -0.2) is 14.6 Å². The second-order valence-electron chi connectivity index (χ2n) is 6.02. The third-order valence-electron chi connectivity index (χ3n) is 4.25. The summed E-state index contributed by atoms with van der Waals surface area (Å²) in [7, 11) is 0. The van der Waals surface area contributed by atoms with Crippen LogP contribution in [0.1, 0.15) is 16.1 Å². The van der Waals surface area contributed by atoms with Gasteiger partial charge in [-0.1, -0.05) is 76.7 Å². The van der Waals surface area contributed by atoms with Gasteiger partial charge < -0.3 is 9.15 Å². The molecule has 0 bridgehead atoms. The van der Waals surface area contributed by atoms with Gasteiger partial charge in [-0.2, -0.15) is 0 Å². The zero-order chi connectivity index (χ0) is 20.7. The summed E-state index contributed by atoms with van der Waals surface area (Å²) >= 11 is 23.7. The van der Waals surface area contributed by atoms with Crippen molar-refractivity contribution in [1.82, 2.24) is 4.98 Å². The minimum atomic E-state index is -0.864. The lowest BCUT2D eigenvalue weighted by Gasteiger charge is -2.11. The molecule has 0 atom stereocenters.